The van der Waals surface area contributed by atoms with Gasteiger partial charge in [-0.25, -0.2) is 0 Å². The van der Waals surface area contributed by atoms with E-state index in [1.54, 1.807) is 0 Å². The Balaban J connectivity index is 1.53. The number of carbonyl (C=O) groups excluding carboxylic acids is 1. The fraction of sp³-hybridized carbons (Fsp3) is 0.529. The highest BCUT2D eigenvalue weighted by Gasteiger charge is 2.57. The predicted molar refractivity (Wildman–Crippen MR) is 78.9 cm³/mol. The summed E-state index contributed by atoms with van der Waals surface area (Å²) in [7, 11) is 0. The molecule has 0 heterocycles. The average Bonchev–Trinajstić information content (AvgIpc) is 3.31. The molecule has 0 atom stereocenters. The number of hydrogen-bond donors (Lipinski definition) is 2. The molecule has 21 heavy (non-hydrogen) atoms. The Morgan fingerprint density at radius 2 is 1.67 bits per heavy atom. The number of carbonyl (C=O) groups is 2. The van der Waals surface area contributed by atoms with Gasteiger partial charge in [0.15, 0.2) is 0 Å². The third kappa shape index (κ3) is 2.80. The van der Waals surface area contributed by atoms with Crippen molar-refractivity contribution in [1.82, 2.24) is 5.32 Å². The number of hydrogen-bond acceptors (Lipinski definition) is 2. The lowest BCUT2D eigenvalue weighted by molar-refractivity contribution is -0.149. The SMILES string of the molecule is O=C(O)C1(C(=O)NC2CCC(c3ccccc3)CC2)CC1. The molecular formula is C17H21NO3. The minimum absolute atomic E-state index is 0.134. The van der Waals surface area contributed by atoms with Gasteiger partial charge >= 0.3 is 5.97 Å². The van der Waals surface area contributed by atoms with Gasteiger partial charge in [0.25, 0.3) is 0 Å². The lowest BCUT2D eigenvalue weighted by Gasteiger charge is -2.30. The Hall–Kier alpha value is -1.84. The molecule has 0 bridgehead atoms. The molecule has 4 heteroatoms. The normalized spacial score (nSPS) is 26.9. The van der Waals surface area contributed by atoms with Crippen LogP contribution in [0.5, 0.6) is 0 Å². The van der Waals surface area contributed by atoms with Gasteiger partial charge in [0.2, 0.25) is 5.91 Å². The minimum atomic E-state index is -1.11. The second-order valence-corrected chi connectivity index (χ2v) is 6.32. The first-order chi connectivity index (χ1) is 10.1. The molecule has 0 spiro atoms. The monoisotopic (exact) mass is 287 g/mol. The maximum absolute atomic E-state index is 12.1. The zero-order valence-corrected chi connectivity index (χ0v) is 12.0. The van der Waals surface area contributed by atoms with E-state index < -0.39 is 11.4 Å². The second-order valence-electron chi connectivity index (χ2n) is 6.32. The molecule has 2 aliphatic rings. The molecule has 0 radical (unpaired) electrons. The lowest BCUT2D eigenvalue weighted by Crippen LogP contribution is -2.44. The van der Waals surface area contributed by atoms with Crippen molar-refractivity contribution in [3.8, 4) is 0 Å². The van der Waals surface area contributed by atoms with E-state index in [-0.39, 0.29) is 11.9 Å². The van der Waals surface area contributed by atoms with E-state index in [4.69, 9.17) is 5.11 Å². The summed E-state index contributed by atoms with van der Waals surface area (Å²) in [5.41, 5.74) is 0.252. The standard InChI is InChI=1S/C17H21NO3/c19-15(17(10-11-17)16(20)21)18-14-8-6-13(7-9-14)12-4-2-1-3-5-12/h1-5,13-14H,6-11H2,(H,18,19)(H,20,21). The van der Waals surface area contributed by atoms with Crippen molar-refractivity contribution in [1.29, 1.82) is 0 Å². The second kappa shape index (κ2) is 5.51. The molecule has 3 rings (SSSR count). The van der Waals surface area contributed by atoms with Crippen LogP contribution in [0.1, 0.15) is 50.0 Å². The van der Waals surface area contributed by atoms with Gasteiger partial charge in [0.1, 0.15) is 5.41 Å². The zero-order chi connectivity index (χ0) is 14.9. The Bertz CT molecular complexity index is 528. The molecule has 2 aliphatic carbocycles. The van der Waals surface area contributed by atoms with E-state index >= 15 is 0 Å². The third-order valence-corrected chi connectivity index (χ3v) is 4.93. The van der Waals surface area contributed by atoms with Gasteiger partial charge < -0.3 is 10.4 Å². The molecule has 2 saturated carbocycles. The number of nitrogens with one attached hydrogen (secondary N) is 1. The summed E-state index contributed by atoms with van der Waals surface area (Å²) in [4.78, 5) is 23.2. The van der Waals surface area contributed by atoms with Gasteiger partial charge in [0, 0.05) is 6.04 Å². The average molecular weight is 287 g/mol. The summed E-state index contributed by atoms with van der Waals surface area (Å²) in [6.07, 6.45) is 4.92. The summed E-state index contributed by atoms with van der Waals surface area (Å²) in [6, 6.07) is 10.6. The molecule has 0 saturated heterocycles. The quantitative estimate of drug-likeness (QED) is 0.837. The summed E-state index contributed by atoms with van der Waals surface area (Å²) in [6.45, 7) is 0. The number of benzene rings is 1. The molecule has 2 fully saturated rings. The Morgan fingerprint density at radius 1 is 1.05 bits per heavy atom. The lowest BCUT2D eigenvalue weighted by atomic mass is 9.81. The summed E-state index contributed by atoms with van der Waals surface area (Å²) in [5.74, 6) is -0.690. The number of carboxylic acids is 1. The third-order valence-electron chi connectivity index (χ3n) is 4.93. The van der Waals surface area contributed by atoms with Gasteiger partial charge in [-0.15, -0.1) is 0 Å². The van der Waals surface area contributed by atoms with Crippen molar-refractivity contribution < 1.29 is 14.7 Å². The fourth-order valence-corrected chi connectivity index (χ4v) is 3.28. The van der Waals surface area contributed by atoms with Crippen LogP contribution in [0.2, 0.25) is 0 Å². The highest BCUT2D eigenvalue weighted by Crippen LogP contribution is 2.46. The van der Waals surface area contributed by atoms with Gasteiger partial charge in [-0.2, -0.15) is 0 Å². The topological polar surface area (TPSA) is 66.4 Å². The van der Waals surface area contributed by atoms with Gasteiger partial charge in [-0.1, -0.05) is 30.3 Å². The van der Waals surface area contributed by atoms with Crippen LogP contribution in [0.15, 0.2) is 30.3 Å². The number of aliphatic carboxylic acids is 1. The van der Waals surface area contributed by atoms with Crippen molar-refractivity contribution in [2.45, 2.75) is 50.5 Å². The maximum Gasteiger partial charge on any atom is 0.319 e. The van der Waals surface area contributed by atoms with Crippen LogP contribution < -0.4 is 5.32 Å². The smallest absolute Gasteiger partial charge is 0.319 e. The number of rotatable bonds is 4. The molecule has 112 valence electrons. The molecule has 0 aliphatic heterocycles. The largest absolute Gasteiger partial charge is 0.480 e. The van der Waals surface area contributed by atoms with Crippen molar-refractivity contribution >= 4 is 11.9 Å². The first kappa shape index (κ1) is 14.1. The first-order valence-electron chi connectivity index (χ1n) is 7.71. The van der Waals surface area contributed by atoms with E-state index in [2.05, 4.69) is 29.6 Å². The predicted octanol–water partition coefficient (Wildman–Crippen LogP) is 2.69. The number of amides is 1. The minimum Gasteiger partial charge on any atom is -0.480 e. The first-order valence-corrected chi connectivity index (χ1v) is 7.71. The Labute approximate surface area is 124 Å². The zero-order valence-electron chi connectivity index (χ0n) is 12.0. The van der Waals surface area contributed by atoms with E-state index in [9.17, 15) is 9.59 Å². The van der Waals surface area contributed by atoms with Gasteiger partial charge in [0.05, 0.1) is 0 Å². The van der Waals surface area contributed by atoms with E-state index in [0.29, 0.717) is 18.8 Å². The van der Waals surface area contributed by atoms with Crippen LogP contribution in [-0.2, 0) is 9.59 Å². The van der Waals surface area contributed by atoms with E-state index in [1.807, 2.05) is 6.07 Å². The van der Waals surface area contributed by atoms with Crippen molar-refractivity contribution in [2.24, 2.45) is 5.41 Å². The molecular weight excluding hydrogens is 266 g/mol. The van der Waals surface area contributed by atoms with Crippen molar-refractivity contribution in [3.63, 3.8) is 0 Å². The van der Waals surface area contributed by atoms with Crippen molar-refractivity contribution in [3.05, 3.63) is 35.9 Å². The van der Waals surface area contributed by atoms with Crippen LogP contribution in [0.4, 0.5) is 0 Å². The maximum atomic E-state index is 12.1. The van der Waals surface area contributed by atoms with E-state index in [1.165, 1.54) is 5.56 Å². The highest BCUT2D eigenvalue weighted by atomic mass is 16.4. The van der Waals surface area contributed by atoms with Gasteiger partial charge in [-0.05, 0) is 50.0 Å². The molecule has 4 nitrogen and oxygen atoms in total. The summed E-state index contributed by atoms with van der Waals surface area (Å²) in [5, 5.41) is 12.1. The van der Waals surface area contributed by atoms with Gasteiger partial charge in [-0.3, -0.25) is 9.59 Å². The Morgan fingerprint density at radius 3 is 2.19 bits per heavy atom. The Kier molecular flexibility index (Phi) is 3.70. The number of carboxylic acid groups (broad SMARTS) is 1. The summed E-state index contributed by atoms with van der Waals surface area (Å²) >= 11 is 0. The van der Waals surface area contributed by atoms with Crippen molar-refractivity contribution in [2.75, 3.05) is 0 Å². The van der Waals surface area contributed by atoms with Crippen LogP contribution in [-0.4, -0.2) is 23.0 Å². The molecule has 1 aromatic rings. The van der Waals surface area contributed by atoms with E-state index in [0.717, 1.165) is 25.7 Å². The van der Waals surface area contributed by atoms with Crippen LogP contribution >= 0.6 is 0 Å². The van der Waals surface area contributed by atoms with Crippen LogP contribution in [0.25, 0.3) is 0 Å². The highest BCUT2D eigenvalue weighted by molar-refractivity contribution is 6.04. The molecule has 0 aromatic heterocycles. The molecule has 1 amide bonds. The summed E-state index contributed by atoms with van der Waals surface area (Å²) < 4.78 is 0. The molecule has 1 aromatic carbocycles. The van der Waals surface area contributed by atoms with Crippen LogP contribution in [0, 0.1) is 5.41 Å². The molecule has 2 N–H and O–H groups in total. The molecule has 0 unspecified atom stereocenters. The fourth-order valence-electron chi connectivity index (χ4n) is 3.28. The van der Waals surface area contributed by atoms with Crippen LogP contribution in [0.3, 0.4) is 0 Å².